The Bertz CT molecular complexity index is 254. The van der Waals surface area contributed by atoms with Crippen molar-refractivity contribution in [3.8, 4) is 0 Å². The van der Waals surface area contributed by atoms with Crippen LogP contribution >= 0.6 is 0 Å². The molecule has 17 heavy (non-hydrogen) atoms. The maximum atomic E-state index is 11.6. The van der Waals surface area contributed by atoms with E-state index in [1.54, 1.807) is 11.9 Å². The highest BCUT2D eigenvalue weighted by Gasteiger charge is 2.20. The standard InChI is InChI=1S/C12H24N2O3/c1-5-6-14(4)12(17)13-8-10(11(15)16)7-9(2)3/h9-10H,5-8H2,1-4H3,(H,13,17)(H,15,16)/t10-/m0/s1. The maximum Gasteiger partial charge on any atom is 0.317 e. The number of carboxylic acid groups (broad SMARTS) is 1. The van der Waals surface area contributed by atoms with Crippen molar-refractivity contribution in [3.63, 3.8) is 0 Å². The highest BCUT2D eigenvalue weighted by atomic mass is 16.4. The third kappa shape index (κ3) is 6.81. The third-order valence-electron chi connectivity index (χ3n) is 2.51. The van der Waals surface area contributed by atoms with Crippen molar-refractivity contribution in [2.24, 2.45) is 11.8 Å². The van der Waals surface area contributed by atoms with Crippen molar-refractivity contribution in [2.45, 2.75) is 33.6 Å². The molecule has 5 nitrogen and oxygen atoms in total. The Balaban J connectivity index is 4.12. The fourth-order valence-electron chi connectivity index (χ4n) is 1.62. The summed E-state index contributed by atoms with van der Waals surface area (Å²) < 4.78 is 0. The smallest absolute Gasteiger partial charge is 0.317 e. The molecule has 0 fully saturated rings. The Morgan fingerprint density at radius 2 is 1.94 bits per heavy atom. The van der Waals surface area contributed by atoms with Crippen LogP contribution in [0.2, 0.25) is 0 Å². The van der Waals surface area contributed by atoms with Crippen LogP contribution in [0.5, 0.6) is 0 Å². The number of hydrogen-bond acceptors (Lipinski definition) is 2. The molecule has 0 unspecified atom stereocenters. The fourth-order valence-corrected chi connectivity index (χ4v) is 1.62. The van der Waals surface area contributed by atoms with Crippen molar-refractivity contribution in [2.75, 3.05) is 20.1 Å². The molecule has 0 heterocycles. The van der Waals surface area contributed by atoms with E-state index in [-0.39, 0.29) is 12.6 Å². The number of carbonyl (C=O) groups is 2. The van der Waals surface area contributed by atoms with Gasteiger partial charge in [-0.2, -0.15) is 0 Å². The molecule has 5 heteroatoms. The molecule has 0 aromatic rings. The minimum absolute atomic E-state index is 0.195. The Hall–Kier alpha value is -1.26. The second kappa shape index (κ2) is 7.92. The lowest BCUT2D eigenvalue weighted by atomic mass is 9.97. The van der Waals surface area contributed by atoms with Crippen LogP contribution in [0.1, 0.15) is 33.6 Å². The molecular formula is C12H24N2O3. The number of amides is 2. The zero-order chi connectivity index (χ0) is 13.4. The van der Waals surface area contributed by atoms with Gasteiger partial charge in [-0.25, -0.2) is 4.79 Å². The first-order valence-electron chi connectivity index (χ1n) is 6.10. The quantitative estimate of drug-likeness (QED) is 0.717. The summed E-state index contributed by atoms with van der Waals surface area (Å²) in [6.45, 7) is 6.80. The number of rotatable bonds is 7. The predicted molar refractivity (Wildman–Crippen MR) is 66.9 cm³/mol. The molecule has 0 aromatic heterocycles. The van der Waals surface area contributed by atoms with Gasteiger partial charge in [-0.1, -0.05) is 20.8 Å². The van der Waals surface area contributed by atoms with Crippen molar-refractivity contribution in [1.29, 1.82) is 0 Å². The van der Waals surface area contributed by atoms with Gasteiger partial charge in [0.15, 0.2) is 0 Å². The summed E-state index contributed by atoms with van der Waals surface area (Å²) in [4.78, 5) is 24.1. The van der Waals surface area contributed by atoms with Crippen LogP contribution < -0.4 is 5.32 Å². The average molecular weight is 244 g/mol. The number of carboxylic acids is 1. The van der Waals surface area contributed by atoms with E-state index >= 15 is 0 Å². The highest BCUT2D eigenvalue weighted by molar-refractivity contribution is 5.75. The Morgan fingerprint density at radius 1 is 1.35 bits per heavy atom. The minimum Gasteiger partial charge on any atom is -0.481 e. The first-order chi connectivity index (χ1) is 7.88. The van der Waals surface area contributed by atoms with Gasteiger partial charge in [0.05, 0.1) is 5.92 Å². The molecule has 0 aliphatic heterocycles. The van der Waals surface area contributed by atoms with Crippen LogP contribution in [0.25, 0.3) is 0 Å². The van der Waals surface area contributed by atoms with E-state index in [2.05, 4.69) is 5.32 Å². The predicted octanol–water partition coefficient (Wildman–Crippen LogP) is 1.78. The van der Waals surface area contributed by atoms with Crippen LogP contribution in [0.3, 0.4) is 0 Å². The largest absolute Gasteiger partial charge is 0.481 e. The first-order valence-corrected chi connectivity index (χ1v) is 6.10. The lowest BCUT2D eigenvalue weighted by molar-refractivity contribution is -0.142. The molecule has 2 N–H and O–H groups in total. The summed E-state index contributed by atoms with van der Waals surface area (Å²) in [5.41, 5.74) is 0. The van der Waals surface area contributed by atoms with E-state index in [4.69, 9.17) is 5.11 Å². The molecule has 0 aromatic carbocycles. The topological polar surface area (TPSA) is 69.6 Å². The zero-order valence-electron chi connectivity index (χ0n) is 11.2. The molecule has 100 valence electrons. The molecular weight excluding hydrogens is 220 g/mol. The van der Waals surface area contributed by atoms with Gasteiger partial charge in [0.2, 0.25) is 0 Å². The highest BCUT2D eigenvalue weighted by Crippen LogP contribution is 2.11. The van der Waals surface area contributed by atoms with Crippen LogP contribution in [0, 0.1) is 11.8 Å². The van der Waals surface area contributed by atoms with Crippen LogP contribution in [-0.4, -0.2) is 42.1 Å². The van der Waals surface area contributed by atoms with E-state index in [0.717, 1.165) is 6.42 Å². The molecule has 2 amide bonds. The molecule has 0 saturated carbocycles. The summed E-state index contributed by atoms with van der Waals surface area (Å²) in [6, 6.07) is -0.207. The van der Waals surface area contributed by atoms with Crippen LogP contribution in [0.4, 0.5) is 4.79 Å². The van der Waals surface area contributed by atoms with E-state index < -0.39 is 11.9 Å². The second-order valence-corrected chi connectivity index (χ2v) is 4.77. The number of nitrogens with zero attached hydrogens (tertiary/aromatic N) is 1. The van der Waals surface area contributed by atoms with Crippen molar-refractivity contribution in [3.05, 3.63) is 0 Å². The molecule has 0 aliphatic carbocycles. The summed E-state index contributed by atoms with van der Waals surface area (Å²) >= 11 is 0. The summed E-state index contributed by atoms with van der Waals surface area (Å²) in [5.74, 6) is -1.05. The van der Waals surface area contributed by atoms with Gasteiger partial charge >= 0.3 is 12.0 Å². The van der Waals surface area contributed by atoms with Crippen molar-refractivity contribution >= 4 is 12.0 Å². The number of urea groups is 1. The Morgan fingerprint density at radius 3 is 2.35 bits per heavy atom. The molecule has 0 rings (SSSR count). The molecule has 0 aliphatic rings. The van der Waals surface area contributed by atoms with Crippen molar-refractivity contribution in [1.82, 2.24) is 10.2 Å². The Kier molecular flexibility index (Phi) is 7.34. The Labute approximate surface area is 103 Å². The van der Waals surface area contributed by atoms with Crippen molar-refractivity contribution < 1.29 is 14.7 Å². The second-order valence-electron chi connectivity index (χ2n) is 4.77. The molecule has 0 bridgehead atoms. The summed E-state index contributed by atoms with van der Waals surface area (Å²) in [7, 11) is 1.71. The number of hydrogen-bond donors (Lipinski definition) is 2. The summed E-state index contributed by atoms with van der Waals surface area (Å²) in [5, 5.41) is 11.7. The summed E-state index contributed by atoms with van der Waals surface area (Å²) in [6.07, 6.45) is 1.46. The SMILES string of the molecule is CCCN(C)C(=O)NC[C@H](CC(C)C)C(=O)O. The first kappa shape index (κ1) is 15.7. The van der Waals surface area contributed by atoms with E-state index in [9.17, 15) is 9.59 Å². The van der Waals surface area contributed by atoms with E-state index in [1.165, 1.54) is 0 Å². The van der Waals surface area contributed by atoms with Gasteiger partial charge in [-0.3, -0.25) is 4.79 Å². The van der Waals surface area contributed by atoms with Gasteiger partial charge in [0, 0.05) is 20.1 Å². The fraction of sp³-hybridized carbons (Fsp3) is 0.833. The lowest BCUT2D eigenvalue weighted by Gasteiger charge is -2.20. The number of carbonyl (C=O) groups excluding carboxylic acids is 1. The average Bonchev–Trinajstić information content (AvgIpc) is 2.23. The number of aliphatic carboxylic acids is 1. The monoisotopic (exact) mass is 244 g/mol. The normalized spacial score (nSPS) is 12.3. The van der Waals surface area contributed by atoms with Gasteiger partial charge in [0.25, 0.3) is 0 Å². The zero-order valence-corrected chi connectivity index (χ0v) is 11.2. The minimum atomic E-state index is -0.850. The van der Waals surface area contributed by atoms with Crippen LogP contribution in [0.15, 0.2) is 0 Å². The molecule has 0 spiro atoms. The maximum absolute atomic E-state index is 11.6. The lowest BCUT2D eigenvalue weighted by Crippen LogP contribution is -2.41. The molecule has 0 radical (unpaired) electrons. The van der Waals surface area contributed by atoms with E-state index in [1.807, 2.05) is 20.8 Å². The van der Waals surface area contributed by atoms with Crippen LogP contribution in [-0.2, 0) is 4.79 Å². The van der Waals surface area contributed by atoms with Gasteiger partial charge in [-0.05, 0) is 18.8 Å². The van der Waals surface area contributed by atoms with E-state index in [0.29, 0.717) is 18.9 Å². The number of nitrogens with one attached hydrogen (secondary N) is 1. The van der Waals surface area contributed by atoms with Gasteiger partial charge in [-0.15, -0.1) is 0 Å². The molecule has 1 atom stereocenters. The van der Waals surface area contributed by atoms with Gasteiger partial charge < -0.3 is 15.3 Å². The third-order valence-corrected chi connectivity index (χ3v) is 2.51. The van der Waals surface area contributed by atoms with Gasteiger partial charge in [0.1, 0.15) is 0 Å². The molecule has 0 saturated heterocycles.